The van der Waals surface area contributed by atoms with Crippen LogP contribution in [0.1, 0.15) is 52.4 Å². The Morgan fingerprint density at radius 1 is 1.23 bits per heavy atom. The Labute approximate surface area is 183 Å². The van der Waals surface area contributed by atoms with Crippen molar-refractivity contribution in [2.24, 2.45) is 0 Å². The Morgan fingerprint density at radius 3 is 2.50 bits per heavy atom. The molecule has 2 aliphatic rings. The number of piperazine rings is 1. The van der Waals surface area contributed by atoms with Gasteiger partial charge in [0.05, 0.1) is 12.3 Å². The van der Waals surface area contributed by atoms with Gasteiger partial charge in [0.1, 0.15) is 5.54 Å². The van der Waals surface area contributed by atoms with Crippen molar-refractivity contribution in [1.82, 2.24) is 9.62 Å². The van der Waals surface area contributed by atoms with E-state index in [1.165, 1.54) is 11.8 Å². The maximum Gasteiger partial charge on any atom is 0.247 e. The Balaban J connectivity index is 1.97. The van der Waals surface area contributed by atoms with Crippen LogP contribution >= 0.6 is 11.6 Å². The predicted molar refractivity (Wildman–Crippen MR) is 118 cm³/mol. The first-order chi connectivity index (χ1) is 14.2. The minimum absolute atomic E-state index is 0.0336. The van der Waals surface area contributed by atoms with Crippen molar-refractivity contribution in [1.29, 1.82) is 0 Å². The monoisotopic (exact) mass is 455 g/mol. The van der Waals surface area contributed by atoms with Gasteiger partial charge in [-0.05, 0) is 44.9 Å². The highest BCUT2D eigenvalue weighted by Crippen LogP contribution is 2.32. The number of nitrogens with zero attached hydrogens (tertiary/aromatic N) is 2. The molecule has 1 saturated heterocycles. The number of rotatable bonds is 5. The fourth-order valence-corrected chi connectivity index (χ4v) is 5.63. The number of carbonyl (C=O) groups is 2. The topological polar surface area (TPSA) is 86.8 Å². The second-order valence-electron chi connectivity index (χ2n) is 8.31. The molecule has 2 fully saturated rings. The van der Waals surface area contributed by atoms with Crippen LogP contribution in [0.15, 0.2) is 24.3 Å². The molecule has 7 nitrogen and oxygen atoms in total. The number of anilines is 1. The van der Waals surface area contributed by atoms with Crippen molar-refractivity contribution in [2.45, 2.75) is 64.0 Å². The summed E-state index contributed by atoms with van der Waals surface area (Å²) < 4.78 is 26.2. The summed E-state index contributed by atoms with van der Waals surface area (Å²) in [7, 11) is -3.63. The maximum absolute atomic E-state index is 13.5. The molecule has 1 aliphatic heterocycles. The van der Waals surface area contributed by atoms with Crippen LogP contribution in [0.5, 0.6) is 0 Å². The van der Waals surface area contributed by atoms with E-state index in [4.69, 9.17) is 11.6 Å². The first-order valence-electron chi connectivity index (χ1n) is 10.5. The number of amides is 2. The quantitative estimate of drug-likeness (QED) is 0.691. The van der Waals surface area contributed by atoms with E-state index in [-0.39, 0.29) is 30.8 Å². The van der Waals surface area contributed by atoms with E-state index in [2.05, 4.69) is 5.32 Å². The predicted octanol–water partition coefficient (Wildman–Crippen LogP) is 2.94. The van der Waals surface area contributed by atoms with Crippen molar-refractivity contribution in [3.05, 3.63) is 29.3 Å². The highest BCUT2D eigenvalue weighted by molar-refractivity contribution is 7.89. The van der Waals surface area contributed by atoms with Crippen molar-refractivity contribution in [3.8, 4) is 0 Å². The van der Waals surface area contributed by atoms with Crippen LogP contribution in [-0.4, -0.2) is 55.0 Å². The van der Waals surface area contributed by atoms with Crippen LogP contribution in [-0.2, 0) is 19.6 Å². The van der Waals surface area contributed by atoms with E-state index in [1.807, 2.05) is 0 Å². The normalized spacial score (nSPS) is 24.5. The van der Waals surface area contributed by atoms with Gasteiger partial charge in [0, 0.05) is 23.3 Å². The average Bonchev–Trinajstić information content (AvgIpc) is 2.96. The summed E-state index contributed by atoms with van der Waals surface area (Å²) in [6.45, 7) is 2.77. The maximum atomic E-state index is 13.5. The zero-order chi connectivity index (χ0) is 21.9. The first kappa shape index (κ1) is 23.0. The van der Waals surface area contributed by atoms with E-state index in [9.17, 15) is 18.0 Å². The molecule has 1 aliphatic carbocycles. The van der Waals surface area contributed by atoms with Gasteiger partial charge < -0.3 is 5.32 Å². The number of nitrogens with one attached hydrogen (secondary N) is 1. The molecule has 2 amide bonds. The van der Waals surface area contributed by atoms with Crippen LogP contribution < -0.4 is 10.2 Å². The minimum atomic E-state index is -3.63. The molecule has 1 saturated carbocycles. The highest BCUT2D eigenvalue weighted by atomic mass is 35.5. The van der Waals surface area contributed by atoms with Gasteiger partial charge in [-0.15, -0.1) is 0 Å². The molecule has 0 radical (unpaired) electrons. The smallest absolute Gasteiger partial charge is 0.247 e. The molecule has 166 valence electrons. The van der Waals surface area contributed by atoms with Crippen LogP contribution in [0.4, 0.5) is 5.69 Å². The van der Waals surface area contributed by atoms with Gasteiger partial charge in [-0.2, -0.15) is 4.31 Å². The van der Waals surface area contributed by atoms with Crippen molar-refractivity contribution in [3.63, 3.8) is 0 Å². The van der Waals surface area contributed by atoms with Gasteiger partial charge in [-0.1, -0.05) is 43.4 Å². The molecule has 0 spiro atoms. The van der Waals surface area contributed by atoms with E-state index in [1.54, 1.807) is 31.2 Å². The van der Waals surface area contributed by atoms with E-state index in [0.29, 0.717) is 10.7 Å². The molecule has 30 heavy (non-hydrogen) atoms. The van der Waals surface area contributed by atoms with Crippen LogP contribution in [0.25, 0.3) is 0 Å². The lowest BCUT2D eigenvalue weighted by molar-refractivity contribution is -0.133. The summed E-state index contributed by atoms with van der Waals surface area (Å²) in [4.78, 5) is 28.1. The third-order valence-electron chi connectivity index (χ3n) is 6.04. The lowest BCUT2D eigenvalue weighted by Gasteiger charge is -2.47. The summed E-state index contributed by atoms with van der Waals surface area (Å²) in [6, 6.07) is 6.78. The van der Waals surface area contributed by atoms with Crippen LogP contribution in [0.3, 0.4) is 0 Å². The van der Waals surface area contributed by atoms with Crippen molar-refractivity contribution in [2.75, 3.05) is 23.7 Å². The molecule has 1 N–H and O–H groups in total. The zero-order valence-electron chi connectivity index (χ0n) is 17.6. The molecule has 9 heteroatoms. The average molecular weight is 456 g/mol. The number of carbonyl (C=O) groups excluding carboxylic acids is 2. The lowest BCUT2D eigenvalue weighted by atomic mass is 9.93. The molecule has 0 unspecified atom stereocenters. The van der Waals surface area contributed by atoms with Crippen LogP contribution in [0, 0.1) is 0 Å². The van der Waals surface area contributed by atoms with Crippen molar-refractivity contribution < 1.29 is 18.0 Å². The molecular weight excluding hydrogens is 426 g/mol. The molecule has 1 heterocycles. The molecule has 0 bridgehead atoms. The minimum Gasteiger partial charge on any atom is -0.351 e. The Kier molecular flexibility index (Phi) is 7.09. The summed E-state index contributed by atoms with van der Waals surface area (Å²) in [5.41, 5.74) is -0.895. The standard InChI is InChI=1S/C21H30ClN3O4S/c1-3-30(28,29)24-14-19(26)25(18-12-8-9-16(22)13-18)21(2,15-24)20(27)23-17-10-6-4-5-7-11-17/h8-9,12-13,17H,3-7,10-11,14-15H2,1-2H3,(H,23,27)/t21-/m1/s1. The number of hydrogen-bond donors (Lipinski definition) is 1. The summed E-state index contributed by atoms with van der Waals surface area (Å²) >= 11 is 6.14. The molecular formula is C21H30ClN3O4S. The number of hydrogen-bond acceptors (Lipinski definition) is 4. The molecule has 1 aromatic carbocycles. The first-order valence-corrected chi connectivity index (χ1v) is 12.5. The Hall–Kier alpha value is -1.64. The number of benzene rings is 1. The third-order valence-corrected chi connectivity index (χ3v) is 8.05. The highest BCUT2D eigenvalue weighted by Gasteiger charge is 2.51. The molecule has 1 aromatic rings. The second kappa shape index (κ2) is 9.24. The van der Waals surface area contributed by atoms with E-state index < -0.39 is 21.5 Å². The second-order valence-corrected chi connectivity index (χ2v) is 11.0. The molecule has 1 atom stereocenters. The van der Waals surface area contributed by atoms with Crippen molar-refractivity contribution >= 4 is 39.1 Å². The van der Waals surface area contributed by atoms with Gasteiger partial charge in [0.15, 0.2) is 0 Å². The van der Waals surface area contributed by atoms with Gasteiger partial charge in [-0.25, -0.2) is 8.42 Å². The summed E-state index contributed by atoms with van der Waals surface area (Å²) in [5, 5.41) is 3.55. The molecule has 3 rings (SSSR count). The summed E-state index contributed by atoms with van der Waals surface area (Å²) in [5.74, 6) is -0.907. The van der Waals surface area contributed by atoms with Crippen LogP contribution in [0.2, 0.25) is 5.02 Å². The van der Waals surface area contributed by atoms with Gasteiger partial charge in [0.25, 0.3) is 0 Å². The lowest BCUT2D eigenvalue weighted by Crippen LogP contribution is -2.70. The van der Waals surface area contributed by atoms with E-state index >= 15 is 0 Å². The number of halogens is 1. The fourth-order valence-electron chi connectivity index (χ4n) is 4.33. The largest absolute Gasteiger partial charge is 0.351 e. The Bertz CT molecular complexity index is 899. The SMILES string of the molecule is CCS(=O)(=O)N1CC(=O)N(c2cccc(Cl)c2)[C@@](C)(C(=O)NC2CCCCCC2)C1. The Morgan fingerprint density at radius 2 is 1.90 bits per heavy atom. The van der Waals surface area contributed by atoms with Gasteiger partial charge in [0.2, 0.25) is 21.8 Å². The van der Waals surface area contributed by atoms with Gasteiger partial charge >= 0.3 is 0 Å². The van der Waals surface area contributed by atoms with Gasteiger partial charge in [-0.3, -0.25) is 14.5 Å². The molecule has 0 aromatic heterocycles. The van der Waals surface area contributed by atoms with E-state index in [0.717, 1.165) is 42.8 Å². The summed E-state index contributed by atoms with van der Waals surface area (Å²) in [6.07, 6.45) is 6.19. The zero-order valence-corrected chi connectivity index (χ0v) is 19.1. The fraction of sp³-hybridized carbons (Fsp3) is 0.619. The third kappa shape index (κ3) is 4.81. The number of sulfonamides is 1.